The van der Waals surface area contributed by atoms with Crippen molar-refractivity contribution in [1.29, 1.82) is 0 Å². The normalized spacial score (nSPS) is 32.3. The predicted octanol–water partition coefficient (Wildman–Crippen LogP) is 1.04. The number of allylic oxidation sites excluding steroid dienone is 1. The van der Waals surface area contributed by atoms with Crippen molar-refractivity contribution in [3.63, 3.8) is 0 Å². The molecule has 1 aliphatic heterocycles. The van der Waals surface area contributed by atoms with Gasteiger partial charge in [-0.05, 0) is 12.3 Å². The van der Waals surface area contributed by atoms with Crippen LogP contribution in [0.4, 0.5) is 0 Å². The largest absolute Gasteiger partial charge is 0.462 e. The average Bonchev–Trinajstić information content (AvgIpc) is 2.71. The van der Waals surface area contributed by atoms with Crippen LogP contribution in [0, 0.1) is 23.7 Å². The number of ether oxygens (including phenoxy) is 2. The summed E-state index contributed by atoms with van der Waals surface area (Å²) in [6.45, 7) is 3.12. The van der Waals surface area contributed by atoms with E-state index in [4.69, 9.17) is 9.47 Å². The highest BCUT2D eigenvalue weighted by Gasteiger charge is 2.53. The first-order chi connectivity index (χ1) is 9.95. The van der Waals surface area contributed by atoms with Gasteiger partial charge in [-0.15, -0.1) is 0 Å². The molecular weight excluding hydrogens is 276 g/mol. The van der Waals surface area contributed by atoms with Crippen LogP contribution >= 0.6 is 0 Å². The topological polar surface area (TPSA) is 86.7 Å². The second-order valence-electron chi connectivity index (χ2n) is 5.50. The summed E-state index contributed by atoms with van der Waals surface area (Å²) in [7, 11) is 0. The highest BCUT2D eigenvalue weighted by Crippen LogP contribution is 2.42. The van der Waals surface area contributed by atoms with Crippen LogP contribution in [-0.2, 0) is 28.7 Å². The van der Waals surface area contributed by atoms with Crippen LogP contribution in [0.2, 0.25) is 0 Å². The van der Waals surface area contributed by atoms with Gasteiger partial charge in [0.05, 0.1) is 11.8 Å². The Hall–Kier alpha value is -1.98. The van der Waals surface area contributed by atoms with E-state index in [1.54, 1.807) is 6.08 Å². The van der Waals surface area contributed by atoms with Crippen molar-refractivity contribution >= 4 is 24.2 Å². The smallest absolute Gasteiger partial charge is 0.318 e. The Kier molecular flexibility index (Phi) is 4.55. The second-order valence-corrected chi connectivity index (χ2v) is 5.50. The summed E-state index contributed by atoms with van der Waals surface area (Å²) in [5, 5.41) is 0. The number of hydrogen-bond donors (Lipinski definition) is 0. The van der Waals surface area contributed by atoms with Gasteiger partial charge >= 0.3 is 17.9 Å². The molecule has 0 saturated carbocycles. The van der Waals surface area contributed by atoms with E-state index >= 15 is 0 Å². The zero-order valence-corrected chi connectivity index (χ0v) is 12.0. The molecule has 0 aromatic heterocycles. The van der Waals surface area contributed by atoms with Gasteiger partial charge in [-0.1, -0.05) is 19.1 Å². The summed E-state index contributed by atoms with van der Waals surface area (Å²) in [6.07, 6.45) is 4.30. The number of fused-ring (bicyclic) bond motifs is 1. The summed E-state index contributed by atoms with van der Waals surface area (Å²) < 4.78 is 9.99. The molecule has 1 saturated heterocycles. The molecule has 114 valence electrons. The lowest BCUT2D eigenvalue weighted by Gasteiger charge is -2.33. The highest BCUT2D eigenvalue weighted by molar-refractivity contribution is 5.97. The van der Waals surface area contributed by atoms with Crippen LogP contribution in [0.5, 0.6) is 0 Å². The molecule has 0 aromatic rings. The third-order valence-corrected chi connectivity index (χ3v) is 4.07. The van der Waals surface area contributed by atoms with Crippen LogP contribution < -0.4 is 0 Å². The minimum absolute atomic E-state index is 0.103. The van der Waals surface area contributed by atoms with Crippen LogP contribution in [0.1, 0.15) is 26.7 Å². The summed E-state index contributed by atoms with van der Waals surface area (Å²) >= 11 is 0. The van der Waals surface area contributed by atoms with Gasteiger partial charge in [0.15, 0.2) is 0 Å². The van der Waals surface area contributed by atoms with Crippen molar-refractivity contribution in [2.45, 2.75) is 32.8 Å². The number of rotatable bonds is 5. The van der Waals surface area contributed by atoms with Gasteiger partial charge in [-0.2, -0.15) is 0 Å². The van der Waals surface area contributed by atoms with Crippen molar-refractivity contribution in [3.8, 4) is 0 Å². The van der Waals surface area contributed by atoms with Gasteiger partial charge in [-0.25, -0.2) is 0 Å². The number of hydrogen-bond acceptors (Lipinski definition) is 6. The lowest BCUT2D eigenvalue weighted by atomic mass is 9.70. The molecule has 1 heterocycles. The van der Waals surface area contributed by atoms with E-state index < -0.39 is 41.8 Å². The molecular formula is C15H18O6. The first-order valence-electron chi connectivity index (χ1n) is 7.00. The molecule has 0 spiro atoms. The Bertz CT molecular complexity index is 494. The molecule has 5 atom stereocenters. The van der Waals surface area contributed by atoms with E-state index in [0.717, 1.165) is 6.29 Å². The number of cyclic esters (lactones) is 2. The van der Waals surface area contributed by atoms with Gasteiger partial charge in [0.2, 0.25) is 0 Å². The summed E-state index contributed by atoms with van der Waals surface area (Å²) in [5.41, 5.74) is 0. The standard InChI is InChI=1S/C15H18O6/c1-8-5-6-10(11(4-3-7-16)20-9(2)17)13-12(8)14(18)21-15(13)19/h5-8,10-13H,3-4H2,1-2H3/t8-,10-,11-,12-,13+/m1/s1. The lowest BCUT2D eigenvalue weighted by molar-refractivity contribution is -0.157. The molecule has 0 bridgehead atoms. The molecule has 0 unspecified atom stereocenters. The first-order valence-corrected chi connectivity index (χ1v) is 7.00. The highest BCUT2D eigenvalue weighted by atomic mass is 16.6. The van der Waals surface area contributed by atoms with Gasteiger partial charge in [0, 0.05) is 19.3 Å². The van der Waals surface area contributed by atoms with E-state index in [-0.39, 0.29) is 12.3 Å². The van der Waals surface area contributed by atoms with Crippen molar-refractivity contribution < 1.29 is 28.7 Å². The maximum absolute atomic E-state index is 12.0. The van der Waals surface area contributed by atoms with E-state index in [9.17, 15) is 19.2 Å². The Morgan fingerprint density at radius 3 is 2.62 bits per heavy atom. The van der Waals surface area contributed by atoms with Gasteiger partial charge in [0.1, 0.15) is 12.4 Å². The Morgan fingerprint density at radius 2 is 2.00 bits per heavy atom. The quantitative estimate of drug-likeness (QED) is 0.326. The van der Waals surface area contributed by atoms with E-state index in [1.807, 2.05) is 13.0 Å². The first kappa shape index (κ1) is 15.4. The predicted molar refractivity (Wildman–Crippen MR) is 70.7 cm³/mol. The number of carbonyl (C=O) groups is 4. The molecule has 0 N–H and O–H groups in total. The molecule has 0 aromatic carbocycles. The molecule has 6 heteroatoms. The molecule has 6 nitrogen and oxygen atoms in total. The molecule has 21 heavy (non-hydrogen) atoms. The zero-order valence-electron chi connectivity index (χ0n) is 12.0. The average molecular weight is 294 g/mol. The Balaban J connectivity index is 2.27. The molecule has 2 aliphatic rings. The Labute approximate surface area is 122 Å². The molecule has 0 radical (unpaired) electrons. The fraction of sp³-hybridized carbons (Fsp3) is 0.600. The fourth-order valence-corrected chi connectivity index (χ4v) is 3.14. The summed E-state index contributed by atoms with van der Waals surface area (Å²) in [5.74, 6) is -3.30. The lowest BCUT2D eigenvalue weighted by Crippen LogP contribution is -2.40. The fourth-order valence-electron chi connectivity index (χ4n) is 3.14. The van der Waals surface area contributed by atoms with Crippen molar-refractivity contribution in [2.75, 3.05) is 0 Å². The third-order valence-electron chi connectivity index (χ3n) is 4.07. The molecule has 1 fully saturated rings. The van der Waals surface area contributed by atoms with Crippen LogP contribution in [0.25, 0.3) is 0 Å². The van der Waals surface area contributed by atoms with Crippen molar-refractivity contribution in [1.82, 2.24) is 0 Å². The van der Waals surface area contributed by atoms with Gasteiger partial charge in [0.25, 0.3) is 0 Å². The van der Waals surface area contributed by atoms with E-state index in [1.165, 1.54) is 6.92 Å². The van der Waals surface area contributed by atoms with Crippen LogP contribution in [-0.4, -0.2) is 30.3 Å². The Morgan fingerprint density at radius 1 is 1.33 bits per heavy atom. The number of esters is 3. The van der Waals surface area contributed by atoms with Crippen molar-refractivity contribution in [3.05, 3.63) is 12.2 Å². The number of carbonyl (C=O) groups excluding carboxylic acids is 4. The molecule has 0 amide bonds. The van der Waals surface area contributed by atoms with E-state index in [2.05, 4.69) is 0 Å². The summed E-state index contributed by atoms with van der Waals surface area (Å²) in [4.78, 5) is 45.6. The monoisotopic (exact) mass is 294 g/mol. The zero-order chi connectivity index (χ0) is 15.6. The van der Waals surface area contributed by atoms with Crippen LogP contribution in [0.15, 0.2) is 12.2 Å². The maximum Gasteiger partial charge on any atom is 0.318 e. The minimum atomic E-state index is -0.645. The maximum atomic E-state index is 12.0. The minimum Gasteiger partial charge on any atom is -0.462 e. The van der Waals surface area contributed by atoms with Crippen LogP contribution in [0.3, 0.4) is 0 Å². The van der Waals surface area contributed by atoms with E-state index in [0.29, 0.717) is 6.42 Å². The second kappa shape index (κ2) is 6.20. The van der Waals surface area contributed by atoms with Gasteiger partial charge in [-0.3, -0.25) is 14.4 Å². The van der Waals surface area contributed by atoms with Crippen molar-refractivity contribution in [2.24, 2.45) is 23.7 Å². The third kappa shape index (κ3) is 3.04. The van der Waals surface area contributed by atoms with Gasteiger partial charge < -0.3 is 14.3 Å². The molecule has 1 aliphatic carbocycles. The molecule has 2 rings (SSSR count). The number of aldehydes is 1. The SMILES string of the molecule is CC(=O)O[C@H](CCC=O)[C@H]1C=C[C@@H](C)[C@H]2C(=O)OC(=O)[C@@H]12. The summed E-state index contributed by atoms with van der Waals surface area (Å²) in [6, 6.07) is 0.